The highest BCUT2D eigenvalue weighted by molar-refractivity contribution is 6.25. The number of rotatable bonds is 3. The van der Waals surface area contributed by atoms with Crippen molar-refractivity contribution in [1.29, 1.82) is 0 Å². The van der Waals surface area contributed by atoms with Crippen LogP contribution in [0.1, 0.15) is 113 Å². The van der Waals surface area contributed by atoms with E-state index in [0.717, 1.165) is 18.3 Å². The fourth-order valence-electron chi connectivity index (χ4n) is 12.0. The molecule has 3 heteroatoms. The lowest BCUT2D eigenvalue weighted by Crippen LogP contribution is -2.66. The van der Waals surface area contributed by atoms with Gasteiger partial charge in [0.25, 0.3) is 0 Å². The third-order valence-corrected chi connectivity index (χ3v) is 13.9. The molecule has 0 aromatic heterocycles. The molecule has 0 bridgehead atoms. The van der Waals surface area contributed by atoms with Gasteiger partial charge in [0.2, 0.25) is 0 Å². The van der Waals surface area contributed by atoms with Gasteiger partial charge in [-0.25, -0.2) is 0 Å². The van der Waals surface area contributed by atoms with E-state index in [1.807, 2.05) is 5.54 Å². The number of carbonyl (C=O) groups excluding carboxylic acids is 1. The molecular formula is C33H51ClO2. The molecule has 5 aliphatic carbocycles. The van der Waals surface area contributed by atoms with E-state index in [9.17, 15) is 4.79 Å². The van der Waals surface area contributed by atoms with E-state index >= 15 is 0 Å². The maximum absolute atomic E-state index is 11.9. The summed E-state index contributed by atoms with van der Waals surface area (Å²) in [5.74, 6) is 3.29. The predicted octanol–water partition coefficient (Wildman–Crippen LogP) is 9.33. The van der Waals surface area contributed by atoms with Gasteiger partial charge < -0.3 is 4.74 Å². The smallest absolute Gasteiger partial charge is 0.302 e. The summed E-state index contributed by atoms with van der Waals surface area (Å²) in [6.07, 6.45) is 15.1. The molecule has 202 valence electrons. The van der Waals surface area contributed by atoms with Crippen molar-refractivity contribution in [1.82, 2.24) is 0 Å². The molecule has 0 amide bonds. The number of allylic oxidation sites excluding steroid dienone is 2. The Kier molecular flexibility index (Phi) is 6.43. The fourth-order valence-corrected chi connectivity index (χ4v) is 12.2. The van der Waals surface area contributed by atoms with Crippen molar-refractivity contribution < 1.29 is 9.53 Å². The number of carbonyl (C=O) groups is 1. The maximum Gasteiger partial charge on any atom is 0.302 e. The van der Waals surface area contributed by atoms with Crippen LogP contribution in [0.4, 0.5) is 0 Å². The number of hydrogen-bond acceptors (Lipinski definition) is 2. The van der Waals surface area contributed by atoms with E-state index in [4.69, 9.17) is 16.3 Å². The van der Waals surface area contributed by atoms with Crippen LogP contribution in [0.25, 0.3) is 0 Å². The van der Waals surface area contributed by atoms with E-state index in [2.05, 4.69) is 54.2 Å². The Labute approximate surface area is 226 Å². The molecule has 0 aromatic carbocycles. The maximum atomic E-state index is 11.9. The first-order chi connectivity index (χ1) is 16.8. The molecule has 10 atom stereocenters. The Balaban J connectivity index is 1.52. The fraction of sp³-hybridized carbons (Fsp3) is 0.848. The van der Waals surface area contributed by atoms with Crippen molar-refractivity contribution in [2.24, 2.45) is 56.7 Å². The highest BCUT2D eigenvalue weighted by Crippen LogP contribution is 2.77. The number of fused-ring (bicyclic) bond motifs is 7. The van der Waals surface area contributed by atoms with Crippen LogP contribution >= 0.6 is 11.6 Å². The van der Waals surface area contributed by atoms with Gasteiger partial charge in [0.05, 0.1) is 0 Å². The van der Waals surface area contributed by atoms with Crippen molar-refractivity contribution in [3.8, 4) is 0 Å². The van der Waals surface area contributed by atoms with Crippen LogP contribution in [0.5, 0.6) is 0 Å². The Hall–Kier alpha value is -0.760. The monoisotopic (exact) mass is 514 g/mol. The molecule has 5 aliphatic rings. The molecule has 36 heavy (non-hydrogen) atoms. The van der Waals surface area contributed by atoms with E-state index < -0.39 is 0 Å². The minimum atomic E-state index is -0.120. The van der Waals surface area contributed by atoms with Crippen molar-refractivity contribution in [3.05, 3.63) is 23.8 Å². The normalized spacial score (nSPS) is 51.6. The molecule has 0 radical (unpaired) electrons. The third-order valence-electron chi connectivity index (χ3n) is 13.8. The summed E-state index contributed by atoms with van der Waals surface area (Å²) in [4.78, 5) is 11.9. The van der Waals surface area contributed by atoms with Crippen molar-refractivity contribution in [2.75, 3.05) is 0 Å². The number of ether oxygens (including phenoxy) is 1. The highest BCUT2D eigenvalue weighted by Gasteiger charge is 2.70. The molecule has 5 fully saturated rings. The Morgan fingerprint density at radius 1 is 0.861 bits per heavy atom. The zero-order chi connectivity index (χ0) is 26.3. The van der Waals surface area contributed by atoms with Crippen LogP contribution in [-0.4, -0.2) is 12.1 Å². The summed E-state index contributed by atoms with van der Waals surface area (Å²) >= 11 is 6.30. The third kappa shape index (κ3) is 3.44. The second-order valence-corrected chi connectivity index (χ2v) is 15.4. The summed E-state index contributed by atoms with van der Waals surface area (Å²) in [5, 5.41) is 0. The van der Waals surface area contributed by atoms with Crippen LogP contribution in [0.3, 0.4) is 0 Å². The minimum absolute atomic E-state index is 0.0289. The lowest BCUT2D eigenvalue weighted by atomic mass is 9.32. The van der Waals surface area contributed by atoms with Crippen molar-refractivity contribution in [3.63, 3.8) is 0 Å². The van der Waals surface area contributed by atoms with Crippen LogP contribution in [0.2, 0.25) is 0 Å². The topological polar surface area (TPSA) is 26.3 Å². The first kappa shape index (κ1) is 26.8. The van der Waals surface area contributed by atoms with Gasteiger partial charge in [-0.3, -0.25) is 4.79 Å². The zero-order valence-electron chi connectivity index (χ0n) is 24.1. The largest absolute Gasteiger partial charge is 0.462 e. The quantitative estimate of drug-likeness (QED) is 0.277. The molecule has 5 saturated carbocycles. The zero-order valence-corrected chi connectivity index (χ0v) is 24.8. The van der Waals surface area contributed by atoms with E-state index in [1.165, 1.54) is 63.4 Å². The van der Waals surface area contributed by atoms with Crippen molar-refractivity contribution in [2.45, 2.75) is 119 Å². The number of hydrogen-bond donors (Lipinski definition) is 0. The predicted molar refractivity (Wildman–Crippen MR) is 150 cm³/mol. The lowest BCUT2D eigenvalue weighted by molar-refractivity contribution is -0.247. The van der Waals surface area contributed by atoms with E-state index in [-0.39, 0.29) is 22.9 Å². The molecule has 0 aliphatic heterocycles. The Morgan fingerprint density at radius 3 is 2.22 bits per heavy atom. The molecule has 0 saturated heterocycles. The first-order valence-electron chi connectivity index (χ1n) is 14.9. The van der Waals surface area contributed by atoms with Gasteiger partial charge in [-0.1, -0.05) is 64.4 Å². The van der Waals surface area contributed by atoms with Crippen LogP contribution in [0, 0.1) is 56.7 Å². The second kappa shape index (κ2) is 8.62. The molecule has 0 spiro atoms. The average Bonchev–Trinajstić information content (AvgIpc) is 3.16. The minimum Gasteiger partial charge on any atom is -0.462 e. The van der Waals surface area contributed by atoms with Crippen LogP contribution in [0.15, 0.2) is 23.8 Å². The number of esters is 1. The lowest BCUT2D eigenvalue weighted by Gasteiger charge is -2.73. The molecule has 5 rings (SSSR count). The highest BCUT2D eigenvalue weighted by atomic mass is 35.5. The molecule has 2 nitrogen and oxygen atoms in total. The van der Waals surface area contributed by atoms with Crippen LogP contribution < -0.4 is 0 Å². The summed E-state index contributed by atoms with van der Waals surface area (Å²) in [7, 11) is 0. The van der Waals surface area contributed by atoms with Crippen molar-refractivity contribution >= 4 is 17.6 Å². The summed E-state index contributed by atoms with van der Waals surface area (Å²) in [6.45, 7) is 21.2. The standard InChI is InChI=1S/C33H51ClO2/c1-21(2)23-11-16-33(19-20-34)18-17-31(7)24(28(23)33)9-10-26-30(6)14-13-27(36-22(3)35)29(4,5)25(30)12-15-32(26,31)8/h19-20,23-28H,1,9-18H2,2-8H3/b20-19+/t23?,24?,25?,26?,27?,28?,30?,31?,32-,33?/m0/s1. The van der Waals surface area contributed by atoms with Gasteiger partial charge in [-0.05, 0) is 122 Å². The van der Waals surface area contributed by atoms with E-state index in [0.29, 0.717) is 34.0 Å². The van der Waals surface area contributed by atoms with Crippen LogP contribution in [-0.2, 0) is 9.53 Å². The summed E-state index contributed by atoms with van der Waals surface area (Å²) in [5.41, 5.74) is 4.54. The summed E-state index contributed by atoms with van der Waals surface area (Å²) in [6, 6.07) is 0. The Bertz CT molecular complexity index is 951. The Morgan fingerprint density at radius 2 is 1.58 bits per heavy atom. The van der Waals surface area contributed by atoms with Gasteiger partial charge in [-0.15, -0.1) is 0 Å². The van der Waals surface area contributed by atoms with E-state index in [1.54, 1.807) is 6.92 Å². The molecule has 0 aromatic rings. The molecular weight excluding hydrogens is 464 g/mol. The summed E-state index contributed by atoms with van der Waals surface area (Å²) < 4.78 is 5.92. The van der Waals surface area contributed by atoms with Gasteiger partial charge in [-0.2, -0.15) is 0 Å². The first-order valence-corrected chi connectivity index (χ1v) is 15.3. The average molecular weight is 515 g/mol. The van der Waals surface area contributed by atoms with Gasteiger partial charge in [0, 0.05) is 17.9 Å². The van der Waals surface area contributed by atoms with Gasteiger partial charge >= 0.3 is 5.97 Å². The van der Waals surface area contributed by atoms with Gasteiger partial charge in [0.15, 0.2) is 0 Å². The molecule has 9 unspecified atom stereocenters. The second-order valence-electron chi connectivity index (χ2n) is 15.2. The number of halogens is 1. The molecule has 0 N–H and O–H groups in total. The molecule has 0 heterocycles. The van der Waals surface area contributed by atoms with Gasteiger partial charge in [0.1, 0.15) is 6.10 Å². The SMILES string of the molecule is C=C(C)C1CCC2(/C=C/Cl)CCC3(C)C(CCC4C5(C)CCC(OC(C)=O)C(C)(C)C5CC[C@@]43C)C12.